The van der Waals surface area contributed by atoms with Crippen LogP contribution in [0.2, 0.25) is 0 Å². The van der Waals surface area contributed by atoms with E-state index in [4.69, 9.17) is 19.1 Å². The molecule has 4 rings (SSSR count). The average Bonchev–Trinajstić information content (AvgIpc) is 3.19. The first-order valence-electron chi connectivity index (χ1n) is 10.2. The summed E-state index contributed by atoms with van der Waals surface area (Å²) < 4.78 is 11.5. The molecular weight excluding hydrogens is 384 g/mol. The van der Waals surface area contributed by atoms with Gasteiger partial charge in [-0.15, -0.1) is 0 Å². The molecule has 0 spiro atoms. The zero-order valence-electron chi connectivity index (χ0n) is 16.6. The van der Waals surface area contributed by atoms with Crippen LogP contribution in [0.15, 0.2) is 58.1 Å². The van der Waals surface area contributed by atoms with E-state index in [1.165, 1.54) is 6.42 Å². The largest absolute Gasteiger partial charge is 0.484 e. The number of rotatable bonds is 8. The molecule has 156 valence electrons. The summed E-state index contributed by atoms with van der Waals surface area (Å²) in [4.78, 5) is 20.7. The van der Waals surface area contributed by atoms with Crippen molar-refractivity contribution in [3.8, 4) is 5.75 Å². The van der Waals surface area contributed by atoms with Gasteiger partial charge in [0.2, 0.25) is 5.89 Å². The number of aromatic nitrogens is 1. The topological polar surface area (TPSA) is 94.2 Å². The second-order valence-corrected chi connectivity index (χ2v) is 7.43. The third kappa shape index (κ3) is 4.97. The van der Waals surface area contributed by atoms with Crippen LogP contribution in [0.5, 0.6) is 5.75 Å². The van der Waals surface area contributed by atoms with Gasteiger partial charge in [-0.25, -0.2) is 9.78 Å². The lowest BCUT2D eigenvalue weighted by Gasteiger charge is -2.28. The normalized spacial score (nSPS) is 16.0. The fraction of sp³-hybridized carbons (Fsp3) is 0.348. The van der Waals surface area contributed by atoms with Gasteiger partial charge in [-0.1, -0.05) is 48.7 Å². The Bertz CT molecular complexity index is 973. The molecule has 1 N–H and O–H groups in total. The van der Waals surface area contributed by atoms with Gasteiger partial charge >= 0.3 is 5.97 Å². The summed E-state index contributed by atoms with van der Waals surface area (Å²) in [6.07, 6.45) is 6.13. The van der Waals surface area contributed by atoms with Gasteiger partial charge in [-0.05, 0) is 42.7 Å². The Morgan fingerprint density at radius 2 is 1.93 bits per heavy atom. The lowest BCUT2D eigenvalue weighted by molar-refractivity contribution is -0.129. The average molecular weight is 408 g/mol. The number of nitrogens with zero attached hydrogens (tertiary/aromatic N) is 2. The molecule has 0 bridgehead atoms. The predicted molar refractivity (Wildman–Crippen MR) is 111 cm³/mol. The maximum atomic E-state index is 10.7. The lowest BCUT2D eigenvalue weighted by atomic mass is 9.83. The Morgan fingerprint density at radius 1 is 1.17 bits per heavy atom. The number of hydrogen-bond acceptors (Lipinski definition) is 6. The standard InChI is InChI=1S/C23H24N2O5/c26-22(27)14-24-30-23(16-6-2-1-3-7-16)17-10-12-18(13-11-17)28-15-21-25-19-8-4-5-9-20(19)29-21/h4-5,8-14,16,23H,1-3,6-7,15H2,(H,26,27)/b24-14+. The third-order valence-electron chi connectivity index (χ3n) is 5.32. The number of para-hydroxylation sites is 2. The number of oxime groups is 1. The summed E-state index contributed by atoms with van der Waals surface area (Å²) in [7, 11) is 0. The van der Waals surface area contributed by atoms with E-state index in [0.717, 1.165) is 48.6 Å². The van der Waals surface area contributed by atoms with Gasteiger partial charge in [0.05, 0.1) is 0 Å². The molecule has 1 fully saturated rings. The number of benzene rings is 2. The van der Waals surface area contributed by atoms with Gasteiger partial charge in [0.15, 0.2) is 24.5 Å². The van der Waals surface area contributed by atoms with Crippen molar-refractivity contribution in [3.05, 3.63) is 60.0 Å². The number of oxazole rings is 1. The maximum absolute atomic E-state index is 10.7. The number of carbonyl (C=O) groups is 1. The van der Waals surface area contributed by atoms with Gasteiger partial charge < -0.3 is 19.1 Å². The Labute approximate surface area is 174 Å². The molecule has 0 saturated heterocycles. The first-order chi connectivity index (χ1) is 14.7. The molecule has 3 aromatic rings. The SMILES string of the molecule is O=C(O)/C=N/OC(c1ccc(OCc2nc3ccccc3o2)cc1)C1CCCCC1. The summed E-state index contributed by atoms with van der Waals surface area (Å²) in [5.41, 5.74) is 2.50. The highest BCUT2D eigenvalue weighted by molar-refractivity contribution is 6.21. The Morgan fingerprint density at radius 3 is 2.67 bits per heavy atom. The first-order valence-corrected chi connectivity index (χ1v) is 10.2. The van der Waals surface area contributed by atoms with Crippen molar-refractivity contribution in [2.45, 2.75) is 44.8 Å². The van der Waals surface area contributed by atoms with Crippen LogP contribution in [0.4, 0.5) is 0 Å². The molecule has 0 amide bonds. The molecule has 2 aromatic carbocycles. The summed E-state index contributed by atoms with van der Waals surface area (Å²) in [6.45, 7) is 0.236. The van der Waals surface area contributed by atoms with E-state index in [-0.39, 0.29) is 12.7 Å². The smallest absolute Gasteiger partial charge is 0.350 e. The summed E-state index contributed by atoms with van der Waals surface area (Å²) in [5, 5.41) is 12.4. The van der Waals surface area contributed by atoms with Crippen molar-refractivity contribution in [2.75, 3.05) is 0 Å². The van der Waals surface area contributed by atoms with E-state index in [2.05, 4.69) is 10.1 Å². The molecule has 30 heavy (non-hydrogen) atoms. The molecule has 7 heteroatoms. The summed E-state index contributed by atoms with van der Waals surface area (Å²) in [5.74, 6) is 0.403. The van der Waals surface area contributed by atoms with Crippen molar-refractivity contribution < 1.29 is 23.9 Å². The van der Waals surface area contributed by atoms with Crippen LogP contribution in [-0.4, -0.2) is 22.3 Å². The molecule has 1 saturated carbocycles. The van der Waals surface area contributed by atoms with Crippen molar-refractivity contribution in [2.24, 2.45) is 11.1 Å². The van der Waals surface area contributed by atoms with E-state index in [0.29, 0.717) is 17.6 Å². The molecule has 1 aliphatic carbocycles. The molecule has 0 radical (unpaired) electrons. The number of carboxylic acid groups (broad SMARTS) is 1. The maximum Gasteiger partial charge on any atom is 0.350 e. The summed E-state index contributed by atoms with van der Waals surface area (Å²) in [6, 6.07) is 15.2. The van der Waals surface area contributed by atoms with Crippen LogP contribution in [0.25, 0.3) is 11.1 Å². The molecule has 1 aliphatic rings. The highest BCUT2D eigenvalue weighted by Crippen LogP contribution is 2.37. The molecule has 1 unspecified atom stereocenters. The van der Waals surface area contributed by atoms with Crippen LogP contribution < -0.4 is 4.74 Å². The minimum Gasteiger partial charge on any atom is -0.484 e. The van der Waals surface area contributed by atoms with Gasteiger partial charge in [0.1, 0.15) is 11.3 Å². The van der Waals surface area contributed by atoms with E-state index < -0.39 is 5.97 Å². The number of fused-ring (bicyclic) bond motifs is 1. The number of aliphatic carboxylic acids is 1. The summed E-state index contributed by atoms with van der Waals surface area (Å²) >= 11 is 0. The van der Waals surface area contributed by atoms with Crippen molar-refractivity contribution in [3.63, 3.8) is 0 Å². The molecule has 1 atom stereocenters. The zero-order chi connectivity index (χ0) is 20.8. The Hall–Kier alpha value is -3.35. The zero-order valence-corrected chi connectivity index (χ0v) is 16.6. The van der Waals surface area contributed by atoms with Crippen LogP contribution in [0.1, 0.15) is 49.7 Å². The fourth-order valence-electron chi connectivity index (χ4n) is 3.88. The van der Waals surface area contributed by atoms with E-state index in [1.807, 2.05) is 48.5 Å². The molecular formula is C23H24N2O5. The van der Waals surface area contributed by atoms with Gasteiger partial charge in [0.25, 0.3) is 0 Å². The lowest BCUT2D eigenvalue weighted by Crippen LogP contribution is -2.18. The van der Waals surface area contributed by atoms with Crippen molar-refractivity contribution in [1.29, 1.82) is 0 Å². The quantitative estimate of drug-likeness (QED) is 0.411. The van der Waals surface area contributed by atoms with E-state index in [1.54, 1.807) is 0 Å². The number of hydrogen-bond donors (Lipinski definition) is 1. The van der Waals surface area contributed by atoms with E-state index in [9.17, 15) is 4.79 Å². The van der Waals surface area contributed by atoms with Crippen LogP contribution in [0, 0.1) is 5.92 Å². The van der Waals surface area contributed by atoms with Crippen LogP contribution in [0.3, 0.4) is 0 Å². The Kier molecular flexibility index (Phi) is 6.27. The first kappa shape index (κ1) is 19.9. The molecule has 0 aliphatic heterocycles. The van der Waals surface area contributed by atoms with Gasteiger partial charge in [0, 0.05) is 5.92 Å². The minimum absolute atomic E-state index is 0.236. The van der Waals surface area contributed by atoms with E-state index >= 15 is 0 Å². The van der Waals surface area contributed by atoms with Crippen molar-refractivity contribution >= 4 is 23.3 Å². The van der Waals surface area contributed by atoms with Crippen LogP contribution >= 0.6 is 0 Å². The van der Waals surface area contributed by atoms with Gasteiger partial charge in [-0.2, -0.15) is 0 Å². The Balaban J connectivity index is 1.42. The van der Waals surface area contributed by atoms with Crippen LogP contribution in [-0.2, 0) is 16.2 Å². The second-order valence-electron chi connectivity index (χ2n) is 7.43. The molecule has 1 aromatic heterocycles. The van der Waals surface area contributed by atoms with Crippen molar-refractivity contribution in [1.82, 2.24) is 4.98 Å². The minimum atomic E-state index is -1.12. The molecule has 7 nitrogen and oxygen atoms in total. The predicted octanol–water partition coefficient (Wildman–Crippen LogP) is 5.12. The highest BCUT2D eigenvalue weighted by atomic mass is 16.6. The second kappa shape index (κ2) is 9.43. The van der Waals surface area contributed by atoms with Gasteiger partial charge in [-0.3, -0.25) is 0 Å². The third-order valence-corrected chi connectivity index (χ3v) is 5.32. The monoisotopic (exact) mass is 408 g/mol. The fourth-order valence-corrected chi connectivity index (χ4v) is 3.88. The highest BCUT2D eigenvalue weighted by Gasteiger charge is 2.27. The molecule has 1 heterocycles. The number of ether oxygens (including phenoxy) is 1. The number of carboxylic acids is 1.